The van der Waals surface area contributed by atoms with Crippen molar-refractivity contribution >= 4 is 15.9 Å². The van der Waals surface area contributed by atoms with E-state index in [-0.39, 0.29) is 0 Å². The third-order valence-electron chi connectivity index (χ3n) is 2.16. The fraction of sp³-hybridized carbons (Fsp3) is 1.00. The van der Waals surface area contributed by atoms with E-state index in [1.54, 1.807) is 7.11 Å². The summed E-state index contributed by atoms with van der Waals surface area (Å²) < 4.78 is 15.6. The maximum atomic E-state index is 5.45. The lowest BCUT2D eigenvalue weighted by molar-refractivity contribution is 0.0222. The molecule has 4 heteroatoms. The standard InChI is InChI=1S/C11H23BrO3/c1-11(3-5-12)4-6-14-9-10-15-8-7-13-2/h11H,3-10H2,1-2H3. The van der Waals surface area contributed by atoms with Crippen molar-refractivity contribution in [3.63, 3.8) is 0 Å². The number of methoxy groups -OCH3 is 1. The molecule has 0 aliphatic heterocycles. The number of ether oxygens (including phenoxy) is 3. The summed E-state index contributed by atoms with van der Waals surface area (Å²) in [7, 11) is 1.67. The first-order valence-corrected chi connectivity index (χ1v) is 6.63. The summed E-state index contributed by atoms with van der Waals surface area (Å²) in [5, 5.41) is 1.08. The molecule has 0 bridgehead atoms. The van der Waals surface area contributed by atoms with Crippen LogP contribution in [0.15, 0.2) is 0 Å². The van der Waals surface area contributed by atoms with Crippen LogP contribution in [0.1, 0.15) is 19.8 Å². The van der Waals surface area contributed by atoms with Crippen LogP contribution >= 0.6 is 15.9 Å². The molecule has 0 saturated heterocycles. The summed E-state index contributed by atoms with van der Waals surface area (Å²) in [4.78, 5) is 0. The Labute approximate surface area is 102 Å². The van der Waals surface area contributed by atoms with Gasteiger partial charge in [-0.25, -0.2) is 0 Å². The van der Waals surface area contributed by atoms with Gasteiger partial charge in [0.15, 0.2) is 0 Å². The molecule has 0 N–H and O–H groups in total. The Balaban J connectivity index is 2.98. The average molecular weight is 283 g/mol. The molecule has 0 amide bonds. The topological polar surface area (TPSA) is 27.7 Å². The summed E-state index contributed by atoms with van der Waals surface area (Å²) >= 11 is 3.44. The largest absolute Gasteiger partial charge is 0.382 e. The summed E-state index contributed by atoms with van der Waals surface area (Å²) in [5.41, 5.74) is 0. The number of rotatable bonds is 11. The Morgan fingerprint density at radius 1 is 0.933 bits per heavy atom. The molecule has 92 valence electrons. The number of hydrogen-bond donors (Lipinski definition) is 0. The van der Waals surface area contributed by atoms with Crippen LogP contribution in [0.5, 0.6) is 0 Å². The van der Waals surface area contributed by atoms with Gasteiger partial charge in [0.2, 0.25) is 0 Å². The first-order chi connectivity index (χ1) is 7.31. The third-order valence-corrected chi connectivity index (χ3v) is 2.62. The lowest BCUT2D eigenvalue weighted by Gasteiger charge is -2.09. The number of halogens is 1. The normalized spacial score (nSPS) is 13.0. The van der Waals surface area contributed by atoms with E-state index in [0.717, 1.165) is 24.3 Å². The van der Waals surface area contributed by atoms with Crippen LogP contribution in [0, 0.1) is 5.92 Å². The van der Waals surface area contributed by atoms with Crippen molar-refractivity contribution in [2.75, 3.05) is 45.5 Å². The fourth-order valence-electron chi connectivity index (χ4n) is 1.08. The zero-order chi connectivity index (χ0) is 11.4. The molecule has 0 heterocycles. The van der Waals surface area contributed by atoms with E-state index in [1.807, 2.05) is 0 Å². The van der Waals surface area contributed by atoms with Crippen molar-refractivity contribution in [2.45, 2.75) is 19.8 Å². The highest BCUT2D eigenvalue weighted by molar-refractivity contribution is 9.09. The molecule has 0 rings (SSSR count). The first-order valence-electron chi connectivity index (χ1n) is 5.51. The van der Waals surface area contributed by atoms with Crippen molar-refractivity contribution in [2.24, 2.45) is 5.92 Å². The van der Waals surface area contributed by atoms with Crippen molar-refractivity contribution in [1.82, 2.24) is 0 Å². The summed E-state index contributed by atoms with van der Waals surface area (Å²) in [6.07, 6.45) is 2.34. The van der Waals surface area contributed by atoms with Crippen LogP contribution in [0.3, 0.4) is 0 Å². The zero-order valence-corrected chi connectivity index (χ0v) is 11.4. The summed E-state index contributed by atoms with van der Waals surface area (Å²) in [5.74, 6) is 0.735. The molecular formula is C11H23BrO3. The van der Waals surface area contributed by atoms with Crippen molar-refractivity contribution in [3.05, 3.63) is 0 Å². The minimum Gasteiger partial charge on any atom is -0.382 e. The average Bonchev–Trinajstić information content (AvgIpc) is 2.22. The molecule has 1 atom stereocenters. The minimum atomic E-state index is 0.653. The summed E-state index contributed by atoms with van der Waals surface area (Å²) in [6.45, 7) is 5.74. The Bertz CT molecular complexity index is 122. The lowest BCUT2D eigenvalue weighted by atomic mass is 10.1. The molecule has 3 nitrogen and oxygen atoms in total. The first kappa shape index (κ1) is 15.4. The molecular weight excluding hydrogens is 260 g/mol. The highest BCUT2D eigenvalue weighted by Gasteiger charge is 2.00. The molecule has 0 aromatic rings. The highest BCUT2D eigenvalue weighted by Crippen LogP contribution is 2.08. The van der Waals surface area contributed by atoms with Crippen LogP contribution in [0.25, 0.3) is 0 Å². The van der Waals surface area contributed by atoms with E-state index in [9.17, 15) is 0 Å². The molecule has 1 unspecified atom stereocenters. The van der Waals surface area contributed by atoms with Gasteiger partial charge in [0.1, 0.15) is 0 Å². The van der Waals surface area contributed by atoms with E-state index in [0.29, 0.717) is 26.4 Å². The van der Waals surface area contributed by atoms with Crippen LogP contribution in [0.4, 0.5) is 0 Å². The second kappa shape index (κ2) is 12.4. The van der Waals surface area contributed by atoms with Gasteiger partial charge in [0.25, 0.3) is 0 Å². The molecule has 0 aliphatic rings. The Hall–Kier alpha value is 0.360. The Morgan fingerprint density at radius 2 is 1.53 bits per heavy atom. The molecule has 0 aromatic heterocycles. The second-order valence-corrected chi connectivity index (χ2v) is 4.38. The highest BCUT2D eigenvalue weighted by atomic mass is 79.9. The van der Waals surface area contributed by atoms with Crippen LogP contribution in [0.2, 0.25) is 0 Å². The molecule has 0 aliphatic carbocycles. The fourth-order valence-corrected chi connectivity index (χ4v) is 1.86. The van der Waals surface area contributed by atoms with Crippen LogP contribution in [-0.4, -0.2) is 45.5 Å². The lowest BCUT2D eigenvalue weighted by Crippen LogP contribution is -2.10. The smallest absolute Gasteiger partial charge is 0.0701 e. The van der Waals surface area contributed by atoms with E-state index in [1.165, 1.54) is 6.42 Å². The molecule has 0 fully saturated rings. The van der Waals surface area contributed by atoms with E-state index >= 15 is 0 Å². The van der Waals surface area contributed by atoms with E-state index < -0.39 is 0 Å². The maximum Gasteiger partial charge on any atom is 0.0701 e. The van der Waals surface area contributed by atoms with Gasteiger partial charge >= 0.3 is 0 Å². The molecule has 0 saturated carbocycles. The number of alkyl halides is 1. The van der Waals surface area contributed by atoms with Crippen molar-refractivity contribution < 1.29 is 14.2 Å². The van der Waals surface area contributed by atoms with Crippen molar-refractivity contribution in [1.29, 1.82) is 0 Å². The monoisotopic (exact) mass is 282 g/mol. The van der Waals surface area contributed by atoms with Crippen molar-refractivity contribution in [3.8, 4) is 0 Å². The Morgan fingerprint density at radius 3 is 2.13 bits per heavy atom. The van der Waals surface area contributed by atoms with Crippen LogP contribution in [-0.2, 0) is 14.2 Å². The molecule has 0 aromatic carbocycles. The van der Waals surface area contributed by atoms with E-state index in [2.05, 4.69) is 22.9 Å². The maximum absolute atomic E-state index is 5.45. The minimum absolute atomic E-state index is 0.653. The molecule has 15 heavy (non-hydrogen) atoms. The number of hydrogen-bond acceptors (Lipinski definition) is 3. The van der Waals surface area contributed by atoms with E-state index in [4.69, 9.17) is 14.2 Å². The SMILES string of the molecule is COCCOCCOCCC(C)CCBr. The van der Waals surface area contributed by atoms with Gasteiger partial charge in [0, 0.05) is 19.0 Å². The third kappa shape index (κ3) is 12.3. The summed E-state index contributed by atoms with van der Waals surface area (Å²) in [6, 6.07) is 0. The Kier molecular flexibility index (Phi) is 12.7. The quantitative estimate of drug-likeness (QED) is 0.430. The molecule has 0 spiro atoms. The zero-order valence-electron chi connectivity index (χ0n) is 9.84. The second-order valence-electron chi connectivity index (χ2n) is 3.59. The van der Waals surface area contributed by atoms with Gasteiger partial charge < -0.3 is 14.2 Å². The van der Waals surface area contributed by atoms with Crippen LogP contribution < -0.4 is 0 Å². The predicted octanol–water partition coefficient (Wildman–Crippen LogP) is 2.48. The van der Waals surface area contributed by atoms with Gasteiger partial charge in [-0.3, -0.25) is 0 Å². The molecule has 0 radical (unpaired) electrons. The van der Waals surface area contributed by atoms with Gasteiger partial charge in [-0.1, -0.05) is 22.9 Å². The van der Waals surface area contributed by atoms with Gasteiger partial charge in [-0.2, -0.15) is 0 Å². The van der Waals surface area contributed by atoms with Gasteiger partial charge in [-0.15, -0.1) is 0 Å². The predicted molar refractivity (Wildman–Crippen MR) is 65.7 cm³/mol. The van der Waals surface area contributed by atoms with Gasteiger partial charge in [-0.05, 0) is 18.8 Å². The van der Waals surface area contributed by atoms with Gasteiger partial charge in [0.05, 0.1) is 26.4 Å².